The van der Waals surface area contributed by atoms with E-state index >= 15 is 0 Å². The van der Waals surface area contributed by atoms with E-state index in [0.29, 0.717) is 33.8 Å². The van der Waals surface area contributed by atoms with Crippen LogP contribution in [0.1, 0.15) is 11.3 Å². The van der Waals surface area contributed by atoms with Gasteiger partial charge in [-0.25, -0.2) is 9.37 Å². The largest absolute Gasteiger partial charge is 0.493 e. The fraction of sp³-hybridized carbons (Fsp3) is 0.292. The van der Waals surface area contributed by atoms with Gasteiger partial charge in [0.1, 0.15) is 5.82 Å². The topological polar surface area (TPSA) is 90.0 Å². The van der Waals surface area contributed by atoms with Crippen LogP contribution in [0.2, 0.25) is 0 Å². The van der Waals surface area contributed by atoms with Crippen LogP contribution in [-0.4, -0.2) is 44.7 Å². The number of aryl methyl sites for hydroxylation is 1. The molecular formula is C24H24FN3O5S. The average Bonchev–Trinajstić information content (AvgIpc) is 3.40. The van der Waals surface area contributed by atoms with Crippen LogP contribution in [0.15, 0.2) is 36.4 Å². The average molecular weight is 486 g/mol. The van der Waals surface area contributed by atoms with Crippen LogP contribution < -0.4 is 24.4 Å². The molecule has 0 saturated carbocycles. The van der Waals surface area contributed by atoms with E-state index in [1.165, 1.54) is 49.7 Å². The first kappa shape index (κ1) is 23.5. The third kappa shape index (κ3) is 4.54. The molecule has 1 aliphatic heterocycles. The number of hydrogen-bond donors (Lipinski definition) is 1. The lowest BCUT2D eigenvalue weighted by atomic mass is 10.1. The molecule has 1 saturated heterocycles. The fourth-order valence-corrected chi connectivity index (χ4v) is 4.73. The smallest absolute Gasteiger partial charge is 0.231 e. The van der Waals surface area contributed by atoms with Gasteiger partial charge in [0.15, 0.2) is 16.6 Å². The van der Waals surface area contributed by atoms with Crippen molar-refractivity contribution in [2.75, 3.05) is 38.1 Å². The molecule has 0 spiro atoms. The molecule has 2 amide bonds. The van der Waals surface area contributed by atoms with Crippen molar-refractivity contribution in [1.29, 1.82) is 0 Å². The normalized spacial score (nSPS) is 15.4. The van der Waals surface area contributed by atoms with Crippen molar-refractivity contribution in [2.24, 2.45) is 5.92 Å². The zero-order chi connectivity index (χ0) is 24.4. The lowest BCUT2D eigenvalue weighted by molar-refractivity contribution is -0.122. The molecule has 3 aromatic rings. The molecule has 10 heteroatoms. The van der Waals surface area contributed by atoms with Gasteiger partial charge in [0, 0.05) is 35.5 Å². The van der Waals surface area contributed by atoms with Gasteiger partial charge >= 0.3 is 0 Å². The van der Waals surface area contributed by atoms with E-state index < -0.39 is 5.92 Å². The number of rotatable bonds is 7. The summed E-state index contributed by atoms with van der Waals surface area (Å²) in [6, 6.07) is 9.39. The molecule has 1 N–H and O–H groups in total. The van der Waals surface area contributed by atoms with E-state index in [0.717, 1.165) is 10.4 Å². The van der Waals surface area contributed by atoms with Crippen LogP contribution in [0.3, 0.4) is 0 Å². The minimum atomic E-state index is -0.551. The summed E-state index contributed by atoms with van der Waals surface area (Å²) < 4.78 is 29.3. The number of carbonyl (C=O) groups is 2. The van der Waals surface area contributed by atoms with Crippen LogP contribution in [0.5, 0.6) is 17.2 Å². The number of methoxy groups -OCH3 is 3. The molecule has 1 fully saturated rings. The maximum Gasteiger partial charge on any atom is 0.231 e. The van der Waals surface area contributed by atoms with Gasteiger partial charge in [-0.2, -0.15) is 0 Å². The Kier molecular flexibility index (Phi) is 6.69. The van der Waals surface area contributed by atoms with Crippen molar-refractivity contribution in [1.82, 2.24) is 4.98 Å². The molecular weight excluding hydrogens is 461 g/mol. The molecule has 1 aromatic heterocycles. The fourth-order valence-electron chi connectivity index (χ4n) is 3.89. The van der Waals surface area contributed by atoms with E-state index in [1.54, 1.807) is 24.3 Å². The Morgan fingerprint density at radius 1 is 1.12 bits per heavy atom. The van der Waals surface area contributed by atoms with E-state index in [9.17, 15) is 14.0 Å². The van der Waals surface area contributed by atoms with Crippen molar-refractivity contribution >= 4 is 34.0 Å². The summed E-state index contributed by atoms with van der Waals surface area (Å²) in [6.45, 7) is 2.09. The number of thiazole rings is 1. The van der Waals surface area contributed by atoms with Crippen molar-refractivity contribution in [3.05, 3.63) is 47.1 Å². The second-order valence-corrected chi connectivity index (χ2v) is 8.91. The molecule has 2 aromatic carbocycles. The van der Waals surface area contributed by atoms with Crippen LogP contribution in [0, 0.1) is 18.7 Å². The summed E-state index contributed by atoms with van der Waals surface area (Å²) in [5.74, 6) is -0.0868. The van der Waals surface area contributed by atoms with Crippen molar-refractivity contribution in [3.8, 4) is 28.5 Å². The first-order valence-electron chi connectivity index (χ1n) is 10.5. The van der Waals surface area contributed by atoms with Crippen LogP contribution in [0.4, 0.5) is 15.2 Å². The first-order chi connectivity index (χ1) is 16.3. The van der Waals surface area contributed by atoms with E-state index in [-0.39, 0.29) is 30.6 Å². The first-order valence-corrected chi connectivity index (χ1v) is 11.3. The highest BCUT2D eigenvalue weighted by molar-refractivity contribution is 7.16. The van der Waals surface area contributed by atoms with Gasteiger partial charge in [-0.1, -0.05) is 0 Å². The Labute approximate surface area is 200 Å². The SMILES string of the molecule is COc1cc(N2CC(C(=O)Nc3nc(-c4ccc(F)cc4)c(C)s3)CC2=O)cc(OC)c1OC. The summed E-state index contributed by atoms with van der Waals surface area (Å²) in [6.07, 6.45) is 0.0671. The molecule has 0 radical (unpaired) electrons. The molecule has 4 rings (SSSR count). The Bertz CT molecular complexity index is 1200. The molecule has 1 unspecified atom stereocenters. The monoisotopic (exact) mass is 485 g/mol. The summed E-state index contributed by atoms with van der Waals surface area (Å²) >= 11 is 1.33. The zero-order valence-corrected chi connectivity index (χ0v) is 20.0. The zero-order valence-electron chi connectivity index (χ0n) is 19.2. The minimum Gasteiger partial charge on any atom is -0.493 e. The van der Waals surface area contributed by atoms with Gasteiger partial charge in [0.25, 0.3) is 0 Å². The highest BCUT2D eigenvalue weighted by Crippen LogP contribution is 2.42. The second-order valence-electron chi connectivity index (χ2n) is 7.71. The van der Waals surface area contributed by atoms with Gasteiger partial charge in [-0.15, -0.1) is 11.3 Å². The van der Waals surface area contributed by atoms with Gasteiger partial charge in [0.2, 0.25) is 17.6 Å². The summed E-state index contributed by atoms with van der Waals surface area (Å²) in [5.41, 5.74) is 2.00. The third-order valence-corrected chi connectivity index (χ3v) is 6.49. The number of carbonyl (C=O) groups excluding carboxylic acids is 2. The number of nitrogens with one attached hydrogen (secondary N) is 1. The van der Waals surface area contributed by atoms with E-state index in [2.05, 4.69) is 10.3 Å². The molecule has 0 aliphatic carbocycles. The number of amides is 2. The van der Waals surface area contributed by atoms with Gasteiger partial charge < -0.3 is 24.4 Å². The second kappa shape index (κ2) is 9.68. The molecule has 2 heterocycles. The Morgan fingerprint density at radius 3 is 2.35 bits per heavy atom. The molecule has 34 heavy (non-hydrogen) atoms. The van der Waals surface area contributed by atoms with Crippen LogP contribution >= 0.6 is 11.3 Å². The van der Waals surface area contributed by atoms with Crippen LogP contribution in [0.25, 0.3) is 11.3 Å². The number of halogens is 1. The molecule has 178 valence electrons. The summed E-state index contributed by atoms with van der Waals surface area (Å²) in [7, 11) is 4.50. The Balaban J connectivity index is 1.50. The molecule has 1 aliphatic rings. The number of benzene rings is 2. The van der Waals surface area contributed by atoms with Crippen molar-refractivity contribution in [3.63, 3.8) is 0 Å². The number of anilines is 2. The van der Waals surface area contributed by atoms with Gasteiger partial charge in [0.05, 0.1) is 38.6 Å². The third-order valence-electron chi connectivity index (χ3n) is 5.60. The maximum absolute atomic E-state index is 13.2. The van der Waals surface area contributed by atoms with Crippen LogP contribution in [-0.2, 0) is 9.59 Å². The number of hydrogen-bond acceptors (Lipinski definition) is 7. The predicted octanol–water partition coefficient (Wildman–Crippen LogP) is 4.28. The minimum absolute atomic E-state index is 0.0671. The molecule has 1 atom stereocenters. The maximum atomic E-state index is 13.2. The predicted molar refractivity (Wildman–Crippen MR) is 127 cm³/mol. The standard InChI is InChI=1S/C24H24FN3O5S/c1-13-21(14-5-7-16(25)8-6-14)26-24(34-13)27-23(30)15-9-20(29)28(12-15)17-10-18(31-2)22(33-4)19(11-17)32-3/h5-8,10-11,15H,9,12H2,1-4H3,(H,26,27,30). The van der Waals surface area contributed by atoms with E-state index in [4.69, 9.17) is 14.2 Å². The lowest BCUT2D eigenvalue weighted by Gasteiger charge is -2.20. The number of nitrogens with zero attached hydrogens (tertiary/aromatic N) is 2. The molecule has 0 bridgehead atoms. The molecule has 8 nitrogen and oxygen atoms in total. The highest BCUT2D eigenvalue weighted by atomic mass is 32.1. The Hall–Kier alpha value is -3.66. The highest BCUT2D eigenvalue weighted by Gasteiger charge is 2.36. The summed E-state index contributed by atoms with van der Waals surface area (Å²) in [5, 5.41) is 3.26. The van der Waals surface area contributed by atoms with Crippen molar-refractivity contribution < 1.29 is 28.2 Å². The van der Waals surface area contributed by atoms with E-state index in [1.807, 2.05) is 6.92 Å². The summed E-state index contributed by atoms with van der Waals surface area (Å²) in [4.78, 5) is 32.6. The number of ether oxygens (including phenoxy) is 3. The number of aromatic nitrogens is 1. The van der Waals surface area contributed by atoms with Crippen molar-refractivity contribution in [2.45, 2.75) is 13.3 Å². The quantitative estimate of drug-likeness (QED) is 0.538. The van der Waals surface area contributed by atoms with Gasteiger partial charge in [-0.3, -0.25) is 9.59 Å². The van der Waals surface area contributed by atoms with Gasteiger partial charge in [-0.05, 0) is 31.2 Å². The Morgan fingerprint density at radius 2 is 1.76 bits per heavy atom. The lowest BCUT2D eigenvalue weighted by Crippen LogP contribution is -2.28.